The molecule has 0 saturated heterocycles. The number of hydrogen-bond acceptors (Lipinski definition) is 4. The summed E-state index contributed by atoms with van der Waals surface area (Å²) in [5.74, 6) is 0. The zero-order valence-corrected chi connectivity index (χ0v) is 10.00. The van der Waals surface area contributed by atoms with E-state index in [1.165, 1.54) is 12.8 Å². The smallest absolute Gasteiger partial charge is 0.115 e. The van der Waals surface area contributed by atoms with Crippen LogP contribution in [0.1, 0.15) is 26.7 Å². The number of hydrogen-bond donors (Lipinski definition) is 1. The third-order valence-corrected chi connectivity index (χ3v) is 4.47. The molecular weight excluding hydrogens is 206 g/mol. The summed E-state index contributed by atoms with van der Waals surface area (Å²) in [6.45, 7) is 4.49. The summed E-state index contributed by atoms with van der Waals surface area (Å²) < 4.78 is 0. The van der Waals surface area contributed by atoms with E-state index in [1.54, 1.807) is 24.2 Å². The fourth-order valence-corrected chi connectivity index (χ4v) is 3.30. The van der Waals surface area contributed by atoms with Crippen LogP contribution in [0.25, 0.3) is 0 Å². The Morgan fingerprint density at radius 2 is 2.27 bits per heavy atom. The van der Waals surface area contributed by atoms with Crippen LogP contribution in [0, 0.1) is 5.41 Å². The molecule has 0 aliphatic heterocycles. The summed E-state index contributed by atoms with van der Waals surface area (Å²) in [5, 5.41) is 1.47. The number of thioether (sulfide) groups is 1. The van der Waals surface area contributed by atoms with Crippen molar-refractivity contribution in [2.24, 2.45) is 11.1 Å². The predicted molar refractivity (Wildman–Crippen MR) is 62.7 cm³/mol. The zero-order valence-electron chi connectivity index (χ0n) is 9.18. The molecule has 1 saturated carbocycles. The molecule has 0 radical (unpaired) electrons. The minimum atomic E-state index is 0.254. The molecule has 4 heteroatoms. The molecule has 1 aliphatic carbocycles. The van der Waals surface area contributed by atoms with Crippen molar-refractivity contribution in [3.05, 3.63) is 18.6 Å². The minimum Gasteiger partial charge on any atom is -0.326 e. The van der Waals surface area contributed by atoms with Crippen molar-refractivity contribution < 1.29 is 0 Å². The van der Waals surface area contributed by atoms with Gasteiger partial charge in [-0.1, -0.05) is 25.6 Å². The van der Waals surface area contributed by atoms with Crippen LogP contribution in [-0.4, -0.2) is 21.3 Å². The van der Waals surface area contributed by atoms with Crippen molar-refractivity contribution in [1.29, 1.82) is 0 Å². The lowest BCUT2D eigenvalue weighted by Crippen LogP contribution is -2.38. The van der Waals surface area contributed by atoms with Gasteiger partial charge >= 0.3 is 0 Å². The topological polar surface area (TPSA) is 51.8 Å². The lowest BCUT2D eigenvalue weighted by atomic mass is 9.88. The van der Waals surface area contributed by atoms with E-state index in [9.17, 15) is 0 Å². The highest BCUT2D eigenvalue weighted by Gasteiger charge is 2.39. The van der Waals surface area contributed by atoms with Gasteiger partial charge in [-0.05, 0) is 18.3 Å². The van der Waals surface area contributed by atoms with Gasteiger partial charge in [0.15, 0.2) is 0 Å². The Hall–Kier alpha value is -0.610. The molecule has 15 heavy (non-hydrogen) atoms. The first-order valence-corrected chi connectivity index (χ1v) is 6.16. The maximum Gasteiger partial charge on any atom is 0.115 e. The van der Waals surface area contributed by atoms with E-state index >= 15 is 0 Å². The third-order valence-electron chi connectivity index (χ3n) is 3.19. The molecule has 1 heterocycles. The van der Waals surface area contributed by atoms with Crippen molar-refractivity contribution in [3.8, 4) is 0 Å². The highest BCUT2D eigenvalue weighted by Crippen LogP contribution is 2.43. The number of nitrogens with zero attached hydrogens (tertiary/aromatic N) is 2. The van der Waals surface area contributed by atoms with Crippen molar-refractivity contribution in [2.45, 2.75) is 43.0 Å². The molecule has 1 aromatic heterocycles. The molecule has 1 aliphatic rings. The quantitative estimate of drug-likeness (QED) is 0.834. The molecule has 2 atom stereocenters. The first-order valence-electron chi connectivity index (χ1n) is 5.28. The average molecular weight is 223 g/mol. The Bertz CT molecular complexity index is 326. The minimum absolute atomic E-state index is 0.254. The number of rotatable bonds is 2. The van der Waals surface area contributed by atoms with Gasteiger partial charge in [0, 0.05) is 23.7 Å². The summed E-state index contributed by atoms with van der Waals surface area (Å²) in [6.07, 6.45) is 7.61. The second-order valence-electron chi connectivity index (χ2n) is 4.75. The van der Waals surface area contributed by atoms with Gasteiger partial charge in [0.2, 0.25) is 0 Å². The lowest BCUT2D eigenvalue weighted by molar-refractivity contribution is 0.334. The molecule has 0 aromatic carbocycles. The Kier molecular flexibility index (Phi) is 2.98. The standard InChI is InChI=1S/C11H17N3S/c1-11(2)4-3-8(10(11)12)15-9-7-13-5-6-14-9/h5-8,10H,3-4,12H2,1-2H3. The van der Waals surface area contributed by atoms with Crippen molar-refractivity contribution in [2.75, 3.05) is 0 Å². The van der Waals surface area contributed by atoms with Gasteiger partial charge in [0.1, 0.15) is 5.03 Å². The van der Waals surface area contributed by atoms with Crippen molar-refractivity contribution >= 4 is 11.8 Å². The Balaban J connectivity index is 2.03. The van der Waals surface area contributed by atoms with Crippen LogP contribution < -0.4 is 5.73 Å². The van der Waals surface area contributed by atoms with Crippen LogP contribution in [0.5, 0.6) is 0 Å². The molecule has 0 bridgehead atoms. The molecule has 0 spiro atoms. The second-order valence-corrected chi connectivity index (χ2v) is 6.01. The van der Waals surface area contributed by atoms with Gasteiger partial charge in [0.05, 0.1) is 6.20 Å². The first-order chi connectivity index (χ1) is 7.09. The predicted octanol–water partition coefficient (Wildman–Crippen LogP) is 2.08. The maximum atomic E-state index is 6.24. The second kappa shape index (κ2) is 4.10. The Morgan fingerprint density at radius 1 is 1.47 bits per heavy atom. The molecular formula is C11H17N3S. The summed E-state index contributed by atoms with van der Waals surface area (Å²) >= 11 is 1.76. The summed E-state index contributed by atoms with van der Waals surface area (Å²) in [6, 6.07) is 0.254. The van der Waals surface area contributed by atoms with Crippen LogP contribution in [-0.2, 0) is 0 Å². The van der Waals surface area contributed by atoms with Gasteiger partial charge in [-0.15, -0.1) is 0 Å². The summed E-state index contributed by atoms with van der Waals surface area (Å²) in [5.41, 5.74) is 6.50. The van der Waals surface area contributed by atoms with E-state index in [2.05, 4.69) is 23.8 Å². The van der Waals surface area contributed by atoms with Gasteiger partial charge in [-0.25, -0.2) is 4.98 Å². The molecule has 2 rings (SSSR count). The highest BCUT2D eigenvalue weighted by atomic mass is 32.2. The normalized spacial score (nSPS) is 29.3. The van der Waals surface area contributed by atoms with Gasteiger partial charge in [0.25, 0.3) is 0 Å². The molecule has 0 amide bonds. The average Bonchev–Trinajstić information content (AvgIpc) is 2.47. The van der Waals surface area contributed by atoms with Gasteiger partial charge in [-0.2, -0.15) is 0 Å². The zero-order chi connectivity index (χ0) is 10.9. The third kappa shape index (κ3) is 2.32. The highest BCUT2D eigenvalue weighted by molar-refractivity contribution is 7.99. The van der Waals surface area contributed by atoms with Crippen molar-refractivity contribution in [3.63, 3.8) is 0 Å². The fraction of sp³-hybridized carbons (Fsp3) is 0.636. The largest absolute Gasteiger partial charge is 0.326 e. The van der Waals surface area contributed by atoms with Crippen LogP contribution >= 0.6 is 11.8 Å². The van der Waals surface area contributed by atoms with Crippen LogP contribution in [0.15, 0.2) is 23.6 Å². The van der Waals surface area contributed by atoms with Gasteiger partial charge < -0.3 is 5.73 Å². The molecule has 1 aromatic rings. The summed E-state index contributed by atoms with van der Waals surface area (Å²) in [4.78, 5) is 8.33. The molecule has 1 fully saturated rings. The SMILES string of the molecule is CC1(C)CCC(Sc2cnccn2)C1N. The van der Waals surface area contributed by atoms with E-state index in [-0.39, 0.29) is 11.5 Å². The molecule has 2 N–H and O–H groups in total. The maximum absolute atomic E-state index is 6.24. The van der Waals surface area contributed by atoms with E-state index in [1.807, 2.05) is 6.20 Å². The van der Waals surface area contributed by atoms with Crippen molar-refractivity contribution in [1.82, 2.24) is 9.97 Å². The first kappa shape index (κ1) is 10.9. The number of aromatic nitrogens is 2. The van der Waals surface area contributed by atoms with Gasteiger partial charge in [-0.3, -0.25) is 4.98 Å². The number of nitrogens with two attached hydrogens (primary N) is 1. The van der Waals surface area contributed by atoms with E-state index in [0.29, 0.717) is 5.25 Å². The summed E-state index contributed by atoms with van der Waals surface area (Å²) in [7, 11) is 0. The van der Waals surface area contributed by atoms with Crippen LogP contribution in [0.3, 0.4) is 0 Å². The van der Waals surface area contributed by atoms with Crippen LogP contribution in [0.4, 0.5) is 0 Å². The fourth-order valence-electron chi connectivity index (χ4n) is 2.00. The molecule has 3 nitrogen and oxygen atoms in total. The Labute approximate surface area is 94.9 Å². The monoisotopic (exact) mass is 223 g/mol. The molecule has 82 valence electrons. The Morgan fingerprint density at radius 3 is 2.80 bits per heavy atom. The van der Waals surface area contributed by atoms with Crippen LogP contribution in [0.2, 0.25) is 0 Å². The van der Waals surface area contributed by atoms with E-state index < -0.39 is 0 Å². The van der Waals surface area contributed by atoms with E-state index in [0.717, 1.165) is 5.03 Å². The lowest BCUT2D eigenvalue weighted by Gasteiger charge is -2.26. The molecule has 2 unspecified atom stereocenters. The van der Waals surface area contributed by atoms with E-state index in [4.69, 9.17) is 5.73 Å².